The van der Waals surface area contributed by atoms with Crippen LogP contribution in [0.15, 0.2) is 24.3 Å². The van der Waals surface area contributed by atoms with Gasteiger partial charge in [0, 0.05) is 5.92 Å². The van der Waals surface area contributed by atoms with E-state index in [9.17, 15) is 0 Å². The maximum Gasteiger partial charge on any atom is 0.0557 e. The molecule has 1 aliphatic rings. The predicted molar refractivity (Wildman–Crippen MR) is 38.8 cm³/mol. The summed E-state index contributed by atoms with van der Waals surface area (Å²) in [4.78, 5) is 0. The molecular weight excluding hydrogens is 124 g/mol. The molecule has 1 heterocycles. The lowest BCUT2D eigenvalue weighted by atomic mass is 9.98. The molecule has 1 radical (unpaired) electrons. The molecule has 51 valence electrons. The van der Waals surface area contributed by atoms with Crippen LogP contribution in [-0.4, -0.2) is 13.2 Å². The summed E-state index contributed by atoms with van der Waals surface area (Å²) in [5.74, 6) is 0.612. The van der Waals surface area contributed by atoms with E-state index in [1.165, 1.54) is 5.56 Å². The third-order valence-corrected chi connectivity index (χ3v) is 1.81. The highest BCUT2D eigenvalue weighted by atomic mass is 16.5. The Labute approximate surface area is 60.6 Å². The van der Waals surface area contributed by atoms with Crippen molar-refractivity contribution in [3.63, 3.8) is 0 Å². The fraction of sp³-hybridized carbons (Fsp3) is 0.333. The smallest absolute Gasteiger partial charge is 0.0557 e. The van der Waals surface area contributed by atoms with Crippen LogP contribution in [-0.2, 0) is 4.74 Å². The fourth-order valence-electron chi connectivity index (χ4n) is 1.08. The van der Waals surface area contributed by atoms with Gasteiger partial charge in [0.2, 0.25) is 0 Å². The van der Waals surface area contributed by atoms with Gasteiger partial charge in [0.1, 0.15) is 0 Å². The first-order chi connectivity index (χ1) is 4.97. The Morgan fingerprint density at radius 3 is 2.80 bits per heavy atom. The van der Waals surface area contributed by atoms with Gasteiger partial charge >= 0.3 is 0 Å². The Morgan fingerprint density at radius 2 is 2.30 bits per heavy atom. The number of hydrogen-bond acceptors (Lipinski definition) is 1. The molecule has 0 spiro atoms. The van der Waals surface area contributed by atoms with Crippen LogP contribution >= 0.6 is 0 Å². The highest BCUT2D eigenvalue weighted by Gasteiger charge is 2.19. The molecule has 0 unspecified atom stereocenters. The zero-order chi connectivity index (χ0) is 6.81. The van der Waals surface area contributed by atoms with E-state index in [0.29, 0.717) is 5.92 Å². The van der Waals surface area contributed by atoms with E-state index >= 15 is 0 Å². The van der Waals surface area contributed by atoms with Crippen molar-refractivity contribution >= 4 is 0 Å². The van der Waals surface area contributed by atoms with Crippen molar-refractivity contribution in [3.05, 3.63) is 35.9 Å². The zero-order valence-corrected chi connectivity index (χ0v) is 5.71. The van der Waals surface area contributed by atoms with Crippen molar-refractivity contribution in [3.8, 4) is 0 Å². The SMILES string of the molecule is [c]1ccccc1C1COC1. The molecule has 1 aromatic rings. The minimum atomic E-state index is 0.612. The zero-order valence-electron chi connectivity index (χ0n) is 5.71. The van der Waals surface area contributed by atoms with Gasteiger partial charge in [0.05, 0.1) is 13.2 Å². The highest BCUT2D eigenvalue weighted by molar-refractivity contribution is 5.19. The van der Waals surface area contributed by atoms with Crippen LogP contribution in [0.1, 0.15) is 11.5 Å². The van der Waals surface area contributed by atoms with E-state index in [2.05, 4.69) is 12.1 Å². The first-order valence-electron chi connectivity index (χ1n) is 3.51. The van der Waals surface area contributed by atoms with Crippen molar-refractivity contribution in [1.29, 1.82) is 0 Å². The quantitative estimate of drug-likeness (QED) is 0.565. The summed E-state index contributed by atoms with van der Waals surface area (Å²) in [7, 11) is 0. The maximum atomic E-state index is 5.07. The summed E-state index contributed by atoms with van der Waals surface area (Å²) in [6.07, 6.45) is 0. The normalized spacial score (nSPS) is 18.4. The predicted octanol–water partition coefficient (Wildman–Crippen LogP) is 1.60. The molecule has 1 nitrogen and oxygen atoms in total. The number of ether oxygens (including phenoxy) is 1. The number of hydrogen-bond donors (Lipinski definition) is 0. The fourth-order valence-corrected chi connectivity index (χ4v) is 1.08. The van der Waals surface area contributed by atoms with Crippen molar-refractivity contribution in [2.45, 2.75) is 5.92 Å². The van der Waals surface area contributed by atoms with Crippen molar-refractivity contribution in [2.75, 3.05) is 13.2 Å². The molecule has 0 aliphatic carbocycles. The molecule has 0 saturated carbocycles. The lowest BCUT2D eigenvalue weighted by molar-refractivity contribution is 0.00832. The average Bonchev–Trinajstić information content (AvgIpc) is 1.86. The van der Waals surface area contributed by atoms with Gasteiger partial charge in [-0.15, -0.1) is 0 Å². The monoisotopic (exact) mass is 133 g/mol. The van der Waals surface area contributed by atoms with Crippen LogP contribution in [0.2, 0.25) is 0 Å². The summed E-state index contributed by atoms with van der Waals surface area (Å²) >= 11 is 0. The third kappa shape index (κ3) is 0.929. The molecule has 0 N–H and O–H groups in total. The van der Waals surface area contributed by atoms with Gasteiger partial charge in [0.25, 0.3) is 0 Å². The minimum Gasteiger partial charge on any atom is -0.380 e. The molecular formula is C9H9O. The van der Waals surface area contributed by atoms with Gasteiger partial charge in [-0.1, -0.05) is 24.3 Å². The molecule has 1 aromatic carbocycles. The van der Waals surface area contributed by atoms with E-state index < -0.39 is 0 Å². The van der Waals surface area contributed by atoms with E-state index in [1.54, 1.807) is 0 Å². The van der Waals surface area contributed by atoms with Crippen LogP contribution < -0.4 is 0 Å². The standard InChI is InChI=1S/C9H9O/c1-2-4-8(5-3-1)9-6-10-7-9/h1-4,9H,6-7H2. The second-order valence-electron chi connectivity index (χ2n) is 2.55. The summed E-state index contributed by atoms with van der Waals surface area (Å²) < 4.78 is 5.07. The lowest BCUT2D eigenvalue weighted by Crippen LogP contribution is -2.24. The summed E-state index contributed by atoms with van der Waals surface area (Å²) in [5, 5.41) is 0. The molecule has 1 aliphatic heterocycles. The van der Waals surface area contributed by atoms with Crippen LogP contribution in [0.4, 0.5) is 0 Å². The van der Waals surface area contributed by atoms with Crippen LogP contribution in [0.3, 0.4) is 0 Å². The minimum absolute atomic E-state index is 0.612. The summed E-state index contributed by atoms with van der Waals surface area (Å²) in [6.45, 7) is 1.75. The van der Waals surface area contributed by atoms with E-state index in [-0.39, 0.29) is 0 Å². The Hall–Kier alpha value is -0.820. The molecule has 0 bridgehead atoms. The van der Waals surface area contributed by atoms with E-state index in [4.69, 9.17) is 4.74 Å². The molecule has 1 saturated heterocycles. The van der Waals surface area contributed by atoms with Crippen LogP contribution in [0.25, 0.3) is 0 Å². The summed E-state index contributed by atoms with van der Waals surface area (Å²) in [5.41, 5.74) is 1.29. The molecule has 1 heteroatoms. The van der Waals surface area contributed by atoms with Crippen molar-refractivity contribution in [2.24, 2.45) is 0 Å². The van der Waals surface area contributed by atoms with Crippen molar-refractivity contribution in [1.82, 2.24) is 0 Å². The summed E-state index contributed by atoms with van der Waals surface area (Å²) in [6, 6.07) is 11.3. The van der Waals surface area contributed by atoms with E-state index in [0.717, 1.165) is 13.2 Å². The van der Waals surface area contributed by atoms with Gasteiger partial charge in [-0.05, 0) is 11.6 Å². The van der Waals surface area contributed by atoms with Crippen LogP contribution in [0.5, 0.6) is 0 Å². The first kappa shape index (κ1) is 5.93. The molecule has 0 aromatic heterocycles. The van der Waals surface area contributed by atoms with Gasteiger partial charge in [-0.3, -0.25) is 0 Å². The van der Waals surface area contributed by atoms with Gasteiger partial charge in [-0.25, -0.2) is 0 Å². The second kappa shape index (κ2) is 2.43. The van der Waals surface area contributed by atoms with Gasteiger partial charge in [0.15, 0.2) is 0 Å². The molecule has 0 amide bonds. The van der Waals surface area contributed by atoms with Gasteiger partial charge < -0.3 is 4.74 Å². The van der Waals surface area contributed by atoms with Crippen molar-refractivity contribution < 1.29 is 4.74 Å². The third-order valence-electron chi connectivity index (χ3n) is 1.81. The molecule has 0 atom stereocenters. The molecule has 10 heavy (non-hydrogen) atoms. The Bertz CT molecular complexity index is 201. The first-order valence-corrected chi connectivity index (χ1v) is 3.51. The Balaban J connectivity index is 2.18. The maximum absolute atomic E-state index is 5.07. The number of rotatable bonds is 1. The lowest BCUT2D eigenvalue weighted by Gasteiger charge is -2.25. The van der Waals surface area contributed by atoms with Crippen LogP contribution in [0, 0.1) is 6.07 Å². The Morgan fingerprint density at radius 1 is 1.40 bits per heavy atom. The Kier molecular flexibility index (Phi) is 1.44. The molecule has 2 rings (SSSR count). The molecule has 1 fully saturated rings. The topological polar surface area (TPSA) is 9.23 Å². The highest BCUT2D eigenvalue weighted by Crippen LogP contribution is 2.22. The van der Waals surface area contributed by atoms with E-state index in [1.807, 2.05) is 18.2 Å². The largest absolute Gasteiger partial charge is 0.380 e. The average molecular weight is 133 g/mol. The second-order valence-corrected chi connectivity index (χ2v) is 2.55. The van der Waals surface area contributed by atoms with Gasteiger partial charge in [-0.2, -0.15) is 0 Å². The number of benzene rings is 1.